The number of carboxylic acids is 1. The van der Waals surface area contributed by atoms with Crippen LogP contribution in [0.3, 0.4) is 0 Å². The van der Waals surface area contributed by atoms with E-state index in [-0.39, 0.29) is 5.82 Å². The van der Waals surface area contributed by atoms with Crippen LogP contribution in [0, 0.1) is 5.82 Å². The van der Waals surface area contributed by atoms with E-state index in [1.54, 1.807) is 23.0 Å². The van der Waals surface area contributed by atoms with Crippen molar-refractivity contribution >= 4 is 12.0 Å². The zero-order valence-corrected chi connectivity index (χ0v) is 12.1. The third-order valence-electron chi connectivity index (χ3n) is 3.29. The van der Waals surface area contributed by atoms with E-state index in [0.29, 0.717) is 16.8 Å². The zero-order chi connectivity index (χ0) is 16.2. The van der Waals surface area contributed by atoms with Crippen LogP contribution in [0.2, 0.25) is 0 Å². The average molecular weight is 308 g/mol. The van der Waals surface area contributed by atoms with Gasteiger partial charge in [-0.15, -0.1) is 0 Å². The van der Waals surface area contributed by atoms with E-state index in [2.05, 4.69) is 5.10 Å². The van der Waals surface area contributed by atoms with Gasteiger partial charge >= 0.3 is 5.97 Å². The number of hydrogen-bond donors (Lipinski definition) is 1. The Balaban J connectivity index is 2.10. The molecule has 1 heterocycles. The van der Waals surface area contributed by atoms with Gasteiger partial charge in [-0.25, -0.2) is 13.9 Å². The Bertz CT molecular complexity index is 852. The molecular weight excluding hydrogens is 295 g/mol. The lowest BCUT2D eigenvalue weighted by atomic mass is 10.1. The number of para-hydroxylation sites is 1. The first-order valence-corrected chi connectivity index (χ1v) is 6.95. The Morgan fingerprint density at radius 3 is 2.43 bits per heavy atom. The van der Waals surface area contributed by atoms with E-state index in [1.807, 2.05) is 30.3 Å². The number of nitrogens with zero attached hydrogens (tertiary/aromatic N) is 2. The predicted molar refractivity (Wildman–Crippen MR) is 85.6 cm³/mol. The standard InChI is InChI=1S/C18H13FN2O2/c19-15-9-6-13(7-10-15)18-14(8-11-17(22)23)12-21(20-18)16-4-2-1-3-5-16/h1-12H,(H,22,23)/b11-8-. The molecule has 0 unspecified atom stereocenters. The van der Waals surface area contributed by atoms with E-state index >= 15 is 0 Å². The minimum atomic E-state index is -1.04. The molecule has 0 aliphatic carbocycles. The van der Waals surface area contributed by atoms with Gasteiger partial charge in [-0.05, 0) is 42.5 Å². The summed E-state index contributed by atoms with van der Waals surface area (Å²) in [6.07, 6.45) is 4.28. The monoisotopic (exact) mass is 308 g/mol. The Hall–Kier alpha value is -3.21. The first-order valence-electron chi connectivity index (χ1n) is 6.95. The van der Waals surface area contributed by atoms with Crippen molar-refractivity contribution in [2.75, 3.05) is 0 Å². The van der Waals surface area contributed by atoms with E-state index in [4.69, 9.17) is 5.11 Å². The summed E-state index contributed by atoms with van der Waals surface area (Å²) < 4.78 is 14.8. The van der Waals surface area contributed by atoms with E-state index in [0.717, 1.165) is 11.8 Å². The number of carboxylic acid groups (broad SMARTS) is 1. The van der Waals surface area contributed by atoms with Gasteiger partial charge in [-0.1, -0.05) is 18.2 Å². The van der Waals surface area contributed by atoms with Crippen LogP contribution in [0.15, 0.2) is 66.9 Å². The summed E-state index contributed by atoms with van der Waals surface area (Å²) in [5.41, 5.74) is 2.80. The Kier molecular flexibility index (Phi) is 4.01. The maximum absolute atomic E-state index is 13.1. The largest absolute Gasteiger partial charge is 0.478 e. The van der Waals surface area contributed by atoms with Crippen molar-refractivity contribution < 1.29 is 14.3 Å². The minimum Gasteiger partial charge on any atom is -0.478 e. The molecular formula is C18H13FN2O2. The molecule has 0 atom stereocenters. The SMILES string of the molecule is O=C(O)/C=C\c1cn(-c2ccccc2)nc1-c1ccc(F)cc1. The molecule has 4 nitrogen and oxygen atoms in total. The number of benzene rings is 2. The van der Waals surface area contributed by atoms with Crippen molar-refractivity contribution in [3.63, 3.8) is 0 Å². The summed E-state index contributed by atoms with van der Waals surface area (Å²) in [5.74, 6) is -1.37. The Morgan fingerprint density at radius 2 is 1.78 bits per heavy atom. The highest BCUT2D eigenvalue weighted by atomic mass is 19.1. The van der Waals surface area contributed by atoms with Crippen molar-refractivity contribution in [1.82, 2.24) is 9.78 Å². The number of halogens is 1. The molecule has 23 heavy (non-hydrogen) atoms. The number of hydrogen-bond acceptors (Lipinski definition) is 2. The molecule has 0 aliphatic heterocycles. The quantitative estimate of drug-likeness (QED) is 0.746. The van der Waals surface area contributed by atoms with Crippen LogP contribution in [0.5, 0.6) is 0 Å². The average Bonchev–Trinajstić information content (AvgIpc) is 2.99. The summed E-state index contributed by atoms with van der Waals surface area (Å²) in [7, 11) is 0. The van der Waals surface area contributed by atoms with Crippen molar-refractivity contribution in [1.29, 1.82) is 0 Å². The second kappa shape index (κ2) is 6.27. The smallest absolute Gasteiger partial charge is 0.328 e. The first-order chi connectivity index (χ1) is 11.1. The van der Waals surface area contributed by atoms with Gasteiger partial charge in [0.05, 0.1) is 11.4 Å². The van der Waals surface area contributed by atoms with Gasteiger partial charge < -0.3 is 5.11 Å². The number of rotatable bonds is 4. The van der Waals surface area contributed by atoms with Crippen LogP contribution in [-0.4, -0.2) is 20.9 Å². The predicted octanol–water partition coefficient (Wildman–Crippen LogP) is 3.78. The van der Waals surface area contributed by atoms with Crippen molar-refractivity contribution in [2.24, 2.45) is 0 Å². The molecule has 0 aliphatic rings. The van der Waals surface area contributed by atoms with Crippen LogP contribution in [0.4, 0.5) is 4.39 Å². The van der Waals surface area contributed by atoms with Crippen LogP contribution >= 0.6 is 0 Å². The summed E-state index contributed by atoms with van der Waals surface area (Å²) in [6, 6.07) is 15.4. The molecule has 0 spiro atoms. The highest BCUT2D eigenvalue weighted by molar-refractivity contribution is 5.87. The molecule has 0 amide bonds. The molecule has 114 valence electrons. The van der Waals surface area contributed by atoms with E-state index in [9.17, 15) is 9.18 Å². The lowest BCUT2D eigenvalue weighted by Crippen LogP contribution is -1.94. The van der Waals surface area contributed by atoms with Gasteiger partial charge in [0.2, 0.25) is 0 Å². The fourth-order valence-corrected chi connectivity index (χ4v) is 2.22. The third-order valence-corrected chi connectivity index (χ3v) is 3.29. The molecule has 0 saturated carbocycles. The molecule has 0 radical (unpaired) electrons. The van der Waals surface area contributed by atoms with Gasteiger partial charge in [0.15, 0.2) is 0 Å². The summed E-state index contributed by atoms with van der Waals surface area (Å²) in [6.45, 7) is 0. The van der Waals surface area contributed by atoms with Gasteiger partial charge in [0.1, 0.15) is 5.82 Å². The second-order valence-corrected chi connectivity index (χ2v) is 4.89. The molecule has 5 heteroatoms. The molecule has 3 aromatic rings. The second-order valence-electron chi connectivity index (χ2n) is 4.89. The van der Waals surface area contributed by atoms with Gasteiger partial charge in [-0.3, -0.25) is 0 Å². The van der Waals surface area contributed by atoms with Gasteiger partial charge in [0.25, 0.3) is 0 Å². The molecule has 0 saturated heterocycles. The number of carbonyl (C=O) groups is 1. The Labute approximate surface area is 132 Å². The van der Waals surface area contributed by atoms with Gasteiger partial charge in [0, 0.05) is 23.4 Å². The van der Waals surface area contributed by atoms with Gasteiger partial charge in [-0.2, -0.15) is 5.10 Å². The van der Waals surface area contributed by atoms with Crippen molar-refractivity contribution in [3.05, 3.63) is 78.3 Å². The normalized spacial score (nSPS) is 11.0. The lowest BCUT2D eigenvalue weighted by Gasteiger charge is -2.00. The third kappa shape index (κ3) is 3.35. The number of aromatic nitrogens is 2. The maximum Gasteiger partial charge on any atom is 0.328 e. The molecule has 0 bridgehead atoms. The van der Waals surface area contributed by atoms with Crippen LogP contribution in [-0.2, 0) is 4.79 Å². The van der Waals surface area contributed by atoms with E-state index < -0.39 is 5.97 Å². The van der Waals surface area contributed by atoms with Crippen molar-refractivity contribution in [2.45, 2.75) is 0 Å². The van der Waals surface area contributed by atoms with Crippen molar-refractivity contribution in [3.8, 4) is 16.9 Å². The maximum atomic E-state index is 13.1. The highest BCUT2D eigenvalue weighted by Crippen LogP contribution is 2.25. The summed E-state index contributed by atoms with van der Waals surface area (Å²) >= 11 is 0. The molecule has 2 aromatic carbocycles. The van der Waals surface area contributed by atoms with Crippen LogP contribution in [0.1, 0.15) is 5.56 Å². The number of aliphatic carboxylic acids is 1. The lowest BCUT2D eigenvalue weighted by molar-refractivity contribution is -0.131. The molecule has 1 N–H and O–H groups in total. The molecule has 0 fully saturated rings. The van der Waals surface area contributed by atoms with Crippen LogP contribution in [0.25, 0.3) is 23.0 Å². The topological polar surface area (TPSA) is 55.1 Å². The zero-order valence-electron chi connectivity index (χ0n) is 12.1. The fraction of sp³-hybridized carbons (Fsp3) is 0. The summed E-state index contributed by atoms with van der Waals surface area (Å²) in [4.78, 5) is 10.8. The highest BCUT2D eigenvalue weighted by Gasteiger charge is 2.11. The minimum absolute atomic E-state index is 0.334. The van der Waals surface area contributed by atoms with E-state index in [1.165, 1.54) is 18.2 Å². The molecule has 1 aromatic heterocycles. The first kappa shape index (κ1) is 14.7. The Morgan fingerprint density at radius 1 is 1.09 bits per heavy atom. The fourth-order valence-electron chi connectivity index (χ4n) is 2.22. The summed E-state index contributed by atoms with van der Waals surface area (Å²) in [5, 5.41) is 13.3. The molecule has 3 rings (SSSR count). The van der Waals surface area contributed by atoms with Crippen LogP contribution < -0.4 is 0 Å².